The van der Waals surface area contributed by atoms with Crippen molar-refractivity contribution >= 4 is 5.91 Å². The molecule has 1 amide bonds. The Balaban J connectivity index is 3.62. The molecule has 4 N–H and O–H groups in total. The van der Waals surface area contributed by atoms with E-state index in [0.717, 1.165) is 44.9 Å². The van der Waals surface area contributed by atoms with Crippen molar-refractivity contribution in [2.24, 2.45) is 0 Å². The second-order valence-corrected chi connectivity index (χ2v) is 16.3. The Morgan fingerprint density at radius 3 is 1.13 bits per heavy atom. The molecule has 0 saturated heterocycles. The number of allylic oxidation sites excluding steroid dienone is 5. The smallest absolute Gasteiger partial charge is 0.249 e. The van der Waals surface area contributed by atoms with Gasteiger partial charge in [-0.1, -0.05) is 237 Å². The molecule has 0 rings (SSSR count). The topological polar surface area (TPSA) is 89.8 Å². The first-order valence-electron chi connectivity index (χ1n) is 23.8. The van der Waals surface area contributed by atoms with Crippen molar-refractivity contribution in [2.75, 3.05) is 6.61 Å². The number of hydrogen-bond donors (Lipinski definition) is 4. The molecule has 0 radical (unpaired) electrons. The minimum Gasteiger partial charge on any atom is -0.394 e. The number of carbonyl (C=O) groups excluding carboxylic acids is 1. The summed E-state index contributed by atoms with van der Waals surface area (Å²) in [6, 6.07) is -0.818. The molecule has 0 saturated carbocycles. The Labute approximate surface area is 336 Å². The number of aliphatic hydroxyl groups excluding tert-OH is 3. The molecule has 0 fully saturated rings. The zero-order valence-corrected chi connectivity index (χ0v) is 36.1. The van der Waals surface area contributed by atoms with E-state index in [1.54, 1.807) is 6.08 Å². The highest BCUT2D eigenvalue weighted by atomic mass is 16.3. The summed E-state index contributed by atoms with van der Waals surface area (Å²) in [5.74, 6) is -0.515. The van der Waals surface area contributed by atoms with E-state index in [0.29, 0.717) is 6.42 Å². The third-order valence-corrected chi connectivity index (χ3v) is 11.0. The van der Waals surface area contributed by atoms with Crippen LogP contribution in [0, 0.1) is 0 Å². The van der Waals surface area contributed by atoms with Gasteiger partial charge in [0, 0.05) is 0 Å². The molecule has 54 heavy (non-hydrogen) atoms. The lowest BCUT2D eigenvalue weighted by Crippen LogP contribution is -2.48. The molecular formula is C49H93NO4. The number of aliphatic hydroxyl groups is 3. The third kappa shape index (κ3) is 38.8. The highest BCUT2D eigenvalue weighted by molar-refractivity contribution is 5.80. The summed E-state index contributed by atoms with van der Waals surface area (Å²) >= 11 is 0. The van der Waals surface area contributed by atoms with Gasteiger partial charge in [-0.05, 0) is 44.9 Å². The highest BCUT2D eigenvalue weighted by Gasteiger charge is 2.22. The zero-order chi connectivity index (χ0) is 39.4. The maximum atomic E-state index is 12.5. The van der Waals surface area contributed by atoms with Gasteiger partial charge in [0.1, 0.15) is 6.10 Å². The number of amides is 1. The van der Waals surface area contributed by atoms with Crippen LogP contribution in [0.4, 0.5) is 0 Å². The van der Waals surface area contributed by atoms with Crippen LogP contribution in [0.15, 0.2) is 36.5 Å². The van der Waals surface area contributed by atoms with Crippen molar-refractivity contribution < 1.29 is 20.1 Å². The lowest BCUT2D eigenvalue weighted by molar-refractivity contribution is -0.131. The lowest BCUT2D eigenvalue weighted by Gasteiger charge is -2.21. The minimum absolute atomic E-state index is 0.379. The van der Waals surface area contributed by atoms with Crippen LogP contribution in [0.1, 0.15) is 245 Å². The Kier molecular flexibility index (Phi) is 43.1. The van der Waals surface area contributed by atoms with Gasteiger partial charge in [-0.25, -0.2) is 0 Å². The van der Waals surface area contributed by atoms with Crippen LogP contribution in [0.2, 0.25) is 0 Å². The molecule has 3 atom stereocenters. The number of carbonyl (C=O) groups is 1. The molecule has 0 aromatic carbocycles. The normalized spacial score (nSPS) is 13.8. The SMILES string of the molecule is CCCCCCC/C=C/CC/C=C/CC/C=C/C(O)C(CO)NC(=O)C(O)CCCCCCCCCCCCCCCCCCCCCCCCCCC. The van der Waals surface area contributed by atoms with Gasteiger partial charge >= 0.3 is 0 Å². The number of hydrogen-bond acceptors (Lipinski definition) is 4. The van der Waals surface area contributed by atoms with E-state index in [9.17, 15) is 20.1 Å². The fourth-order valence-electron chi connectivity index (χ4n) is 7.22. The molecule has 0 aromatic heterocycles. The fraction of sp³-hybridized carbons (Fsp3) is 0.857. The molecule has 0 bridgehead atoms. The second kappa shape index (κ2) is 44.3. The zero-order valence-electron chi connectivity index (χ0n) is 36.1. The average molecular weight is 760 g/mol. The summed E-state index contributed by atoms with van der Waals surface area (Å²) < 4.78 is 0. The molecule has 0 heterocycles. The molecule has 0 spiro atoms. The average Bonchev–Trinajstić information content (AvgIpc) is 3.18. The Morgan fingerprint density at radius 2 is 0.759 bits per heavy atom. The summed E-state index contributed by atoms with van der Waals surface area (Å²) in [6.45, 7) is 4.16. The van der Waals surface area contributed by atoms with Crippen molar-refractivity contribution in [3.05, 3.63) is 36.5 Å². The van der Waals surface area contributed by atoms with Crippen molar-refractivity contribution in [1.82, 2.24) is 5.32 Å². The molecule has 5 heteroatoms. The fourth-order valence-corrected chi connectivity index (χ4v) is 7.22. The molecule has 318 valence electrons. The van der Waals surface area contributed by atoms with Gasteiger partial charge in [-0.3, -0.25) is 4.79 Å². The van der Waals surface area contributed by atoms with E-state index in [-0.39, 0.29) is 6.61 Å². The van der Waals surface area contributed by atoms with Crippen LogP contribution in [0.25, 0.3) is 0 Å². The predicted molar refractivity (Wildman–Crippen MR) is 236 cm³/mol. The van der Waals surface area contributed by atoms with E-state index in [2.05, 4.69) is 43.5 Å². The van der Waals surface area contributed by atoms with Crippen molar-refractivity contribution in [3.63, 3.8) is 0 Å². The van der Waals surface area contributed by atoms with Crippen LogP contribution in [-0.4, -0.2) is 46.1 Å². The molecule has 5 nitrogen and oxygen atoms in total. The van der Waals surface area contributed by atoms with Crippen LogP contribution in [0.5, 0.6) is 0 Å². The summed E-state index contributed by atoms with van der Waals surface area (Å²) in [4.78, 5) is 12.5. The highest BCUT2D eigenvalue weighted by Crippen LogP contribution is 2.16. The van der Waals surface area contributed by atoms with Crippen LogP contribution >= 0.6 is 0 Å². The first-order valence-corrected chi connectivity index (χ1v) is 23.8. The Bertz CT molecular complexity index is 840. The largest absolute Gasteiger partial charge is 0.394 e. The third-order valence-electron chi connectivity index (χ3n) is 11.0. The Hall–Kier alpha value is -1.43. The van der Waals surface area contributed by atoms with Gasteiger partial charge in [0.05, 0.1) is 18.8 Å². The summed E-state index contributed by atoms with van der Waals surface area (Å²) in [7, 11) is 0. The summed E-state index contributed by atoms with van der Waals surface area (Å²) in [5.41, 5.74) is 0. The molecular weight excluding hydrogens is 667 g/mol. The van der Waals surface area contributed by atoms with Crippen LogP contribution < -0.4 is 5.32 Å². The summed E-state index contributed by atoms with van der Waals surface area (Å²) in [5, 5.41) is 33.1. The van der Waals surface area contributed by atoms with Gasteiger partial charge in [0.2, 0.25) is 5.91 Å². The predicted octanol–water partition coefficient (Wildman–Crippen LogP) is 13.9. The quantitative estimate of drug-likeness (QED) is 0.0368. The van der Waals surface area contributed by atoms with Gasteiger partial charge < -0.3 is 20.6 Å². The molecule has 0 aliphatic rings. The van der Waals surface area contributed by atoms with Crippen LogP contribution in [0.3, 0.4) is 0 Å². The van der Waals surface area contributed by atoms with Crippen LogP contribution in [-0.2, 0) is 4.79 Å². The monoisotopic (exact) mass is 760 g/mol. The molecule has 3 unspecified atom stereocenters. The van der Waals surface area contributed by atoms with Gasteiger partial charge in [-0.2, -0.15) is 0 Å². The first-order chi connectivity index (χ1) is 26.6. The van der Waals surface area contributed by atoms with E-state index < -0.39 is 24.2 Å². The van der Waals surface area contributed by atoms with E-state index in [1.807, 2.05) is 6.08 Å². The maximum absolute atomic E-state index is 12.5. The number of unbranched alkanes of at least 4 members (excludes halogenated alkanes) is 31. The summed E-state index contributed by atoms with van der Waals surface area (Å²) in [6.07, 6.45) is 56.2. The molecule has 0 aromatic rings. The second-order valence-electron chi connectivity index (χ2n) is 16.3. The molecule has 0 aliphatic heterocycles. The Morgan fingerprint density at radius 1 is 0.444 bits per heavy atom. The number of nitrogens with one attached hydrogen (secondary N) is 1. The van der Waals surface area contributed by atoms with Crippen molar-refractivity contribution in [2.45, 2.75) is 263 Å². The number of rotatable bonds is 43. The van der Waals surface area contributed by atoms with Gasteiger partial charge in [0.15, 0.2) is 0 Å². The van der Waals surface area contributed by atoms with E-state index >= 15 is 0 Å². The standard InChI is InChI=1S/C49H93NO4/c1-3-5-7-9-11-13-15-17-19-20-21-22-23-24-25-26-27-28-30-32-34-36-38-40-42-44-48(53)49(54)50-46(45-51)47(52)43-41-39-37-35-33-31-29-18-16-14-12-10-8-6-4-2/h16,18,33,35,41,43,46-48,51-53H,3-15,17,19-32,34,36-40,42,44-45H2,1-2H3,(H,50,54)/b18-16+,35-33+,43-41+. The van der Waals surface area contributed by atoms with E-state index in [4.69, 9.17) is 0 Å². The van der Waals surface area contributed by atoms with E-state index in [1.165, 1.54) is 180 Å². The molecule has 0 aliphatic carbocycles. The maximum Gasteiger partial charge on any atom is 0.249 e. The van der Waals surface area contributed by atoms with Crippen molar-refractivity contribution in [3.8, 4) is 0 Å². The first kappa shape index (κ1) is 52.6. The van der Waals surface area contributed by atoms with Gasteiger partial charge in [-0.15, -0.1) is 0 Å². The minimum atomic E-state index is -1.11. The van der Waals surface area contributed by atoms with Gasteiger partial charge in [0.25, 0.3) is 0 Å². The van der Waals surface area contributed by atoms with Crippen molar-refractivity contribution in [1.29, 1.82) is 0 Å². The lowest BCUT2D eigenvalue weighted by atomic mass is 10.0.